The average Bonchev–Trinajstić information content (AvgIpc) is 3.29. The molecule has 7 nitrogen and oxygen atoms in total. The Hall–Kier alpha value is -3.16. The first-order chi connectivity index (χ1) is 12.5. The highest BCUT2D eigenvalue weighted by molar-refractivity contribution is 5.94. The zero-order valence-electron chi connectivity index (χ0n) is 14.5. The van der Waals surface area contributed by atoms with Gasteiger partial charge in [-0.1, -0.05) is 0 Å². The van der Waals surface area contributed by atoms with E-state index in [2.05, 4.69) is 26.0 Å². The standard InChI is InChI=1S/C18H19FN6O/c1-10-5-11(19)7-13(6-10)22-16-8-14(20-2)17-21-9-15(25(17)24-16)18(26)23-12-3-4-12/h5-9,12,20H,3-4H2,1-2H3,(H,22,24)(H,23,26). The van der Waals surface area contributed by atoms with Crippen LogP contribution in [0, 0.1) is 12.7 Å². The van der Waals surface area contributed by atoms with Crippen molar-refractivity contribution in [2.75, 3.05) is 17.7 Å². The maximum Gasteiger partial charge on any atom is 0.271 e. The zero-order valence-corrected chi connectivity index (χ0v) is 14.5. The van der Waals surface area contributed by atoms with E-state index in [4.69, 9.17) is 0 Å². The molecule has 3 aromatic rings. The maximum absolute atomic E-state index is 13.6. The Bertz CT molecular complexity index is 975. The lowest BCUT2D eigenvalue weighted by atomic mass is 10.2. The van der Waals surface area contributed by atoms with Crippen LogP contribution in [0.5, 0.6) is 0 Å². The molecule has 1 saturated carbocycles. The fraction of sp³-hybridized carbons (Fsp3) is 0.278. The van der Waals surface area contributed by atoms with Gasteiger partial charge in [-0.25, -0.2) is 13.9 Å². The van der Waals surface area contributed by atoms with Gasteiger partial charge < -0.3 is 16.0 Å². The Kier molecular flexibility index (Phi) is 3.95. The maximum atomic E-state index is 13.6. The van der Waals surface area contributed by atoms with Crippen molar-refractivity contribution in [1.29, 1.82) is 0 Å². The molecule has 1 amide bonds. The molecule has 26 heavy (non-hydrogen) atoms. The van der Waals surface area contributed by atoms with Crippen LogP contribution in [0.25, 0.3) is 5.65 Å². The molecule has 2 aromatic heterocycles. The fourth-order valence-electron chi connectivity index (χ4n) is 2.81. The second kappa shape index (κ2) is 6.29. The number of rotatable bonds is 5. The van der Waals surface area contributed by atoms with Crippen LogP contribution in [0.1, 0.15) is 28.9 Å². The number of anilines is 3. The van der Waals surface area contributed by atoms with E-state index in [0.717, 1.165) is 18.4 Å². The first-order valence-corrected chi connectivity index (χ1v) is 8.45. The van der Waals surface area contributed by atoms with Crippen molar-refractivity contribution in [3.8, 4) is 0 Å². The summed E-state index contributed by atoms with van der Waals surface area (Å²) >= 11 is 0. The van der Waals surface area contributed by atoms with Gasteiger partial charge in [-0.05, 0) is 43.5 Å². The average molecular weight is 354 g/mol. The smallest absolute Gasteiger partial charge is 0.271 e. The molecule has 0 unspecified atom stereocenters. The Morgan fingerprint density at radius 3 is 2.77 bits per heavy atom. The van der Waals surface area contributed by atoms with E-state index < -0.39 is 0 Å². The normalized spacial score (nSPS) is 13.7. The van der Waals surface area contributed by atoms with Crippen LogP contribution >= 0.6 is 0 Å². The third-order valence-electron chi connectivity index (χ3n) is 4.20. The van der Waals surface area contributed by atoms with Crippen LogP contribution in [0.4, 0.5) is 21.6 Å². The second-order valence-corrected chi connectivity index (χ2v) is 6.46. The van der Waals surface area contributed by atoms with Crippen molar-refractivity contribution in [2.45, 2.75) is 25.8 Å². The number of nitrogens with zero attached hydrogens (tertiary/aromatic N) is 3. The molecule has 8 heteroatoms. The minimum absolute atomic E-state index is 0.201. The van der Waals surface area contributed by atoms with Crippen LogP contribution < -0.4 is 16.0 Å². The Morgan fingerprint density at radius 2 is 2.08 bits per heavy atom. The molecule has 1 aliphatic rings. The number of benzene rings is 1. The number of fused-ring (bicyclic) bond motifs is 1. The molecular weight excluding hydrogens is 335 g/mol. The molecule has 2 heterocycles. The van der Waals surface area contributed by atoms with E-state index in [1.54, 1.807) is 13.1 Å². The van der Waals surface area contributed by atoms with E-state index in [1.807, 2.05) is 13.0 Å². The van der Waals surface area contributed by atoms with Gasteiger partial charge in [-0.3, -0.25) is 4.79 Å². The summed E-state index contributed by atoms with van der Waals surface area (Å²) < 4.78 is 15.1. The number of aryl methyl sites for hydroxylation is 1. The molecule has 3 N–H and O–H groups in total. The number of carbonyl (C=O) groups excluding carboxylic acids is 1. The summed E-state index contributed by atoms with van der Waals surface area (Å²) in [5.41, 5.74) is 3.01. The summed E-state index contributed by atoms with van der Waals surface area (Å²) in [6.07, 6.45) is 3.52. The first-order valence-electron chi connectivity index (χ1n) is 8.45. The summed E-state index contributed by atoms with van der Waals surface area (Å²) in [5, 5.41) is 13.6. The van der Waals surface area contributed by atoms with Crippen LogP contribution in [-0.2, 0) is 0 Å². The molecule has 0 radical (unpaired) electrons. The van der Waals surface area contributed by atoms with Crippen molar-refractivity contribution < 1.29 is 9.18 Å². The molecule has 1 aliphatic carbocycles. The van der Waals surface area contributed by atoms with Crippen LogP contribution in [0.2, 0.25) is 0 Å². The SMILES string of the molecule is CNc1cc(Nc2cc(C)cc(F)c2)nn2c(C(=O)NC3CC3)cnc12. The molecule has 0 aliphatic heterocycles. The van der Waals surface area contributed by atoms with Crippen molar-refractivity contribution in [1.82, 2.24) is 19.9 Å². The predicted molar refractivity (Wildman–Crippen MR) is 97.4 cm³/mol. The van der Waals surface area contributed by atoms with Gasteiger partial charge in [0, 0.05) is 24.8 Å². The molecule has 0 saturated heterocycles. The second-order valence-electron chi connectivity index (χ2n) is 6.46. The van der Waals surface area contributed by atoms with Gasteiger partial charge in [0.15, 0.2) is 17.2 Å². The number of carbonyl (C=O) groups is 1. The van der Waals surface area contributed by atoms with Gasteiger partial charge in [0.2, 0.25) is 0 Å². The highest BCUT2D eigenvalue weighted by atomic mass is 19.1. The van der Waals surface area contributed by atoms with E-state index >= 15 is 0 Å². The van der Waals surface area contributed by atoms with Gasteiger partial charge >= 0.3 is 0 Å². The molecule has 1 aromatic carbocycles. The summed E-state index contributed by atoms with van der Waals surface area (Å²) in [6.45, 7) is 1.82. The summed E-state index contributed by atoms with van der Waals surface area (Å²) in [6, 6.07) is 6.69. The molecular formula is C18H19FN6O. The fourth-order valence-corrected chi connectivity index (χ4v) is 2.81. The van der Waals surface area contributed by atoms with E-state index in [1.165, 1.54) is 22.8 Å². The molecule has 0 atom stereocenters. The molecule has 134 valence electrons. The molecule has 0 spiro atoms. The number of amides is 1. The van der Waals surface area contributed by atoms with Gasteiger partial charge in [0.05, 0.1) is 11.9 Å². The quantitative estimate of drug-likeness (QED) is 0.656. The van der Waals surface area contributed by atoms with Crippen molar-refractivity contribution in [3.05, 3.63) is 47.5 Å². The Morgan fingerprint density at radius 1 is 1.27 bits per heavy atom. The topological polar surface area (TPSA) is 83.3 Å². The Labute approximate surface area is 149 Å². The lowest BCUT2D eigenvalue weighted by molar-refractivity contribution is 0.0944. The van der Waals surface area contributed by atoms with Crippen LogP contribution in [0.3, 0.4) is 0 Å². The third-order valence-corrected chi connectivity index (χ3v) is 4.20. The zero-order chi connectivity index (χ0) is 18.3. The van der Waals surface area contributed by atoms with Gasteiger partial charge in [0.25, 0.3) is 5.91 Å². The predicted octanol–water partition coefficient (Wildman–Crippen LogP) is 2.85. The van der Waals surface area contributed by atoms with Crippen LogP contribution in [0.15, 0.2) is 30.5 Å². The number of hydrogen-bond donors (Lipinski definition) is 3. The largest absolute Gasteiger partial charge is 0.385 e. The summed E-state index contributed by atoms with van der Waals surface area (Å²) in [4.78, 5) is 16.7. The minimum Gasteiger partial charge on any atom is -0.385 e. The Balaban J connectivity index is 1.73. The lowest BCUT2D eigenvalue weighted by Crippen LogP contribution is -2.27. The molecule has 0 bridgehead atoms. The van der Waals surface area contributed by atoms with Crippen molar-refractivity contribution in [3.63, 3.8) is 0 Å². The van der Waals surface area contributed by atoms with E-state index in [-0.39, 0.29) is 17.8 Å². The summed E-state index contributed by atoms with van der Waals surface area (Å²) in [5.74, 6) is -0.0480. The molecule has 1 fully saturated rings. The highest BCUT2D eigenvalue weighted by Gasteiger charge is 2.26. The lowest BCUT2D eigenvalue weighted by Gasteiger charge is -2.11. The third kappa shape index (κ3) is 3.17. The van der Waals surface area contributed by atoms with Gasteiger partial charge in [-0.15, -0.1) is 5.10 Å². The van der Waals surface area contributed by atoms with Crippen molar-refractivity contribution in [2.24, 2.45) is 0 Å². The number of imidazole rings is 1. The van der Waals surface area contributed by atoms with Gasteiger partial charge in [-0.2, -0.15) is 0 Å². The summed E-state index contributed by atoms with van der Waals surface area (Å²) in [7, 11) is 1.77. The highest BCUT2D eigenvalue weighted by Crippen LogP contribution is 2.24. The monoisotopic (exact) mass is 354 g/mol. The molecule has 4 rings (SSSR count). The van der Waals surface area contributed by atoms with E-state index in [0.29, 0.717) is 28.5 Å². The number of hydrogen-bond acceptors (Lipinski definition) is 5. The number of aromatic nitrogens is 3. The number of halogens is 1. The van der Waals surface area contributed by atoms with Gasteiger partial charge in [0.1, 0.15) is 5.82 Å². The van der Waals surface area contributed by atoms with Crippen LogP contribution in [-0.4, -0.2) is 33.6 Å². The number of nitrogens with one attached hydrogen (secondary N) is 3. The van der Waals surface area contributed by atoms with Crippen molar-refractivity contribution >= 4 is 28.7 Å². The first kappa shape index (κ1) is 16.3. The minimum atomic E-state index is -0.324. The van der Waals surface area contributed by atoms with E-state index in [9.17, 15) is 9.18 Å².